The Balaban J connectivity index is 1.73. The first-order valence-electron chi connectivity index (χ1n) is 10.9. The second-order valence-electron chi connectivity index (χ2n) is 7.96. The molecule has 2 rings (SSSR count). The number of methoxy groups -OCH3 is 1. The molecule has 0 aromatic heterocycles. The molecule has 1 N–H and O–H groups in total. The second kappa shape index (κ2) is 12.6. The average Bonchev–Trinajstić information content (AvgIpc) is 3.16. The van der Waals surface area contributed by atoms with E-state index in [-0.39, 0.29) is 0 Å². The standard InChI is InChI=1S/C21H41N3O3/c1-4-26-17-12-21(10-5-6-11-21)18-23-20(22-2)24-13-8-19(9-14-24)27-16-7-15-25-3/h19H,4-18H2,1-3H3,(H,22,23). The Kier molecular flexibility index (Phi) is 10.5. The van der Waals surface area contributed by atoms with E-state index in [0.717, 1.165) is 77.7 Å². The molecule has 1 heterocycles. The second-order valence-corrected chi connectivity index (χ2v) is 7.96. The van der Waals surface area contributed by atoms with Gasteiger partial charge in [-0.1, -0.05) is 12.8 Å². The molecular weight excluding hydrogens is 342 g/mol. The maximum Gasteiger partial charge on any atom is 0.193 e. The largest absolute Gasteiger partial charge is 0.385 e. The highest BCUT2D eigenvalue weighted by Gasteiger charge is 2.34. The number of piperidine rings is 1. The van der Waals surface area contributed by atoms with Crippen LogP contribution < -0.4 is 5.32 Å². The zero-order valence-corrected chi connectivity index (χ0v) is 17.8. The minimum Gasteiger partial charge on any atom is -0.385 e. The Hall–Kier alpha value is -0.850. The van der Waals surface area contributed by atoms with Crippen molar-refractivity contribution in [1.82, 2.24) is 10.2 Å². The van der Waals surface area contributed by atoms with Crippen molar-refractivity contribution in [1.29, 1.82) is 0 Å². The van der Waals surface area contributed by atoms with Gasteiger partial charge in [-0.25, -0.2) is 0 Å². The van der Waals surface area contributed by atoms with Crippen LogP contribution in [-0.2, 0) is 14.2 Å². The predicted molar refractivity (Wildman–Crippen MR) is 110 cm³/mol. The van der Waals surface area contributed by atoms with Crippen LogP contribution in [-0.4, -0.2) is 77.2 Å². The van der Waals surface area contributed by atoms with E-state index in [0.29, 0.717) is 11.5 Å². The number of aliphatic imine (C=N–C) groups is 1. The summed E-state index contributed by atoms with van der Waals surface area (Å²) in [5.41, 5.74) is 0.383. The molecule has 1 aliphatic heterocycles. The number of rotatable bonds is 11. The monoisotopic (exact) mass is 383 g/mol. The van der Waals surface area contributed by atoms with Crippen molar-refractivity contribution in [2.45, 2.75) is 64.4 Å². The van der Waals surface area contributed by atoms with E-state index in [9.17, 15) is 0 Å². The van der Waals surface area contributed by atoms with E-state index in [2.05, 4.69) is 22.1 Å². The molecule has 0 bridgehead atoms. The van der Waals surface area contributed by atoms with Crippen molar-refractivity contribution >= 4 is 5.96 Å². The average molecular weight is 384 g/mol. The Bertz CT molecular complexity index is 417. The highest BCUT2D eigenvalue weighted by molar-refractivity contribution is 5.80. The van der Waals surface area contributed by atoms with Gasteiger partial charge in [-0.15, -0.1) is 0 Å². The Morgan fingerprint density at radius 1 is 1.15 bits per heavy atom. The maximum atomic E-state index is 5.98. The summed E-state index contributed by atoms with van der Waals surface area (Å²) in [4.78, 5) is 6.94. The fraction of sp³-hybridized carbons (Fsp3) is 0.952. The van der Waals surface area contributed by atoms with Crippen molar-refractivity contribution in [3.8, 4) is 0 Å². The van der Waals surface area contributed by atoms with E-state index in [1.807, 2.05) is 7.05 Å². The lowest BCUT2D eigenvalue weighted by molar-refractivity contribution is 0.00977. The van der Waals surface area contributed by atoms with Crippen LogP contribution in [0.3, 0.4) is 0 Å². The van der Waals surface area contributed by atoms with Gasteiger partial charge in [0.05, 0.1) is 6.10 Å². The normalized spacial score (nSPS) is 21.0. The van der Waals surface area contributed by atoms with Crippen LogP contribution in [0.1, 0.15) is 58.3 Å². The van der Waals surface area contributed by atoms with Crippen LogP contribution in [0, 0.1) is 5.41 Å². The van der Waals surface area contributed by atoms with Crippen LogP contribution in [0.4, 0.5) is 0 Å². The van der Waals surface area contributed by atoms with Gasteiger partial charge >= 0.3 is 0 Å². The van der Waals surface area contributed by atoms with E-state index in [1.54, 1.807) is 7.11 Å². The smallest absolute Gasteiger partial charge is 0.193 e. The van der Waals surface area contributed by atoms with Crippen molar-refractivity contribution < 1.29 is 14.2 Å². The van der Waals surface area contributed by atoms with Crippen LogP contribution >= 0.6 is 0 Å². The molecule has 6 heteroatoms. The lowest BCUT2D eigenvalue weighted by Gasteiger charge is -2.36. The summed E-state index contributed by atoms with van der Waals surface area (Å²) >= 11 is 0. The minimum atomic E-state index is 0.378. The van der Waals surface area contributed by atoms with Crippen LogP contribution in [0.2, 0.25) is 0 Å². The molecule has 0 spiro atoms. The molecule has 27 heavy (non-hydrogen) atoms. The lowest BCUT2D eigenvalue weighted by atomic mass is 9.83. The lowest BCUT2D eigenvalue weighted by Crippen LogP contribution is -2.49. The topological polar surface area (TPSA) is 55.3 Å². The van der Waals surface area contributed by atoms with Gasteiger partial charge in [0.15, 0.2) is 5.96 Å². The molecule has 0 amide bonds. The molecule has 1 saturated carbocycles. The SMILES string of the molecule is CCOCCC1(CNC(=NC)N2CCC(OCCCOC)CC2)CCCC1. The Labute approximate surface area is 166 Å². The third-order valence-electron chi connectivity index (χ3n) is 6.07. The van der Waals surface area contributed by atoms with Gasteiger partial charge in [-0.3, -0.25) is 4.99 Å². The van der Waals surface area contributed by atoms with Gasteiger partial charge in [0.25, 0.3) is 0 Å². The Morgan fingerprint density at radius 2 is 1.89 bits per heavy atom. The highest BCUT2D eigenvalue weighted by Crippen LogP contribution is 2.40. The van der Waals surface area contributed by atoms with E-state index >= 15 is 0 Å². The van der Waals surface area contributed by atoms with E-state index in [1.165, 1.54) is 25.7 Å². The summed E-state index contributed by atoms with van der Waals surface area (Å²) < 4.78 is 16.7. The molecule has 6 nitrogen and oxygen atoms in total. The minimum absolute atomic E-state index is 0.378. The summed E-state index contributed by atoms with van der Waals surface area (Å²) in [5, 5.41) is 3.69. The summed E-state index contributed by atoms with van der Waals surface area (Å²) in [7, 11) is 3.64. The van der Waals surface area contributed by atoms with E-state index in [4.69, 9.17) is 14.2 Å². The van der Waals surface area contributed by atoms with E-state index < -0.39 is 0 Å². The number of likely N-dealkylation sites (tertiary alicyclic amines) is 1. The molecule has 1 saturated heterocycles. The molecule has 2 fully saturated rings. The third kappa shape index (κ3) is 7.59. The van der Waals surface area contributed by atoms with Crippen LogP contribution in [0.15, 0.2) is 4.99 Å². The number of nitrogens with zero attached hydrogens (tertiary/aromatic N) is 2. The fourth-order valence-electron chi connectivity index (χ4n) is 4.36. The molecule has 2 aliphatic rings. The number of nitrogens with one attached hydrogen (secondary N) is 1. The summed E-state index contributed by atoms with van der Waals surface area (Å²) in [6.45, 7) is 8.39. The molecule has 0 radical (unpaired) electrons. The van der Waals surface area contributed by atoms with Gasteiger partial charge in [0, 0.05) is 60.2 Å². The number of guanidine groups is 1. The molecule has 1 aliphatic carbocycles. The Morgan fingerprint density at radius 3 is 2.52 bits per heavy atom. The first kappa shape index (κ1) is 22.4. The molecular formula is C21H41N3O3. The van der Waals surface area contributed by atoms with Crippen molar-refractivity contribution in [2.24, 2.45) is 10.4 Å². The van der Waals surface area contributed by atoms with Gasteiger partial charge in [-0.05, 0) is 50.9 Å². The fourth-order valence-corrected chi connectivity index (χ4v) is 4.36. The first-order valence-corrected chi connectivity index (χ1v) is 10.9. The molecule has 158 valence electrons. The third-order valence-corrected chi connectivity index (χ3v) is 6.07. The maximum absolute atomic E-state index is 5.98. The molecule has 0 aromatic carbocycles. The number of hydrogen-bond donors (Lipinski definition) is 1. The van der Waals surface area contributed by atoms with Gasteiger partial charge in [-0.2, -0.15) is 0 Å². The highest BCUT2D eigenvalue weighted by atomic mass is 16.5. The molecule has 0 atom stereocenters. The molecule has 0 aromatic rings. The zero-order chi connectivity index (χ0) is 19.4. The summed E-state index contributed by atoms with van der Waals surface area (Å²) in [6, 6.07) is 0. The van der Waals surface area contributed by atoms with Gasteiger partial charge in [0.2, 0.25) is 0 Å². The quantitative estimate of drug-likeness (QED) is 0.338. The number of ether oxygens (including phenoxy) is 3. The first-order chi connectivity index (χ1) is 13.2. The van der Waals surface area contributed by atoms with Crippen LogP contribution in [0.5, 0.6) is 0 Å². The van der Waals surface area contributed by atoms with Crippen molar-refractivity contribution in [3.63, 3.8) is 0 Å². The van der Waals surface area contributed by atoms with Crippen molar-refractivity contribution in [3.05, 3.63) is 0 Å². The van der Waals surface area contributed by atoms with Gasteiger partial charge in [0.1, 0.15) is 0 Å². The van der Waals surface area contributed by atoms with Gasteiger partial charge < -0.3 is 24.4 Å². The predicted octanol–water partition coefficient (Wildman–Crippen LogP) is 3.07. The summed E-state index contributed by atoms with van der Waals surface area (Å²) in [6.07, 6.45) is 9.96. The number of hydrogen-bond acceptors (Lipinski definition) is 4. The van der Waals surface area contributed by atoms with Crippen molar-refractivity contribution in [2.75, 3.05) is 60.2 Å². The summed E-state index contributed by atoms with van der Waals surface area (Å²) in [5.74, 6) is 1.05. The zero-order valence-electron chi connectivity index (χ0n) is 17.8. The molecule has 0 unspecified atom stereocenters. The van der Waals surface area contributed by atoms with Crippen LogP contribution in [0.25, 0.3) is 0 Å².